The van der Waals surface area contributed by atoms with Gasteiger partial charge in [0, 0.05) is 17.5 Å². The molecule has 0 bridgehead atoms. The summed E-state index contributed by atoms with van der Waals surface area (Å²) in [6, 6.07) is 19.4. The molecule has 0 fully saturated rings. The van der Waals surface area contributed by atoms with E-state index in [9.17, 15) is 9.50 Å². The van der Waals surface area contributed by atoms with Crippen molar-refractivity contribution in [3.05, 3.63) is 89.2 Å². The van der Waals surface area contributed by atoms with Crippen LogP contribution < -0.4 is 14.2 Å². The maximum atomic E-state index is 13.5. The lowest BCUT2D eigenvalue weighted by atomic mass is 10.0. The van der Waals surface area contributed by atoms with Gasteiger partial charge in [0.1, 0.15) is 11.6 Å². The average molecular weight is 432 g/mol. The molecule has 0 unspecified atom stereocenters. The Morgan fingerprint density at radius 2 is 1.81 bits per heavy atom. The first-order valence-electron chi connectivity index (χ1n) is 10.2. The Labute approximate surface area is 184 Å². The van der Waals surface area contributed by atoms with Crippen LogP contribution in [0.3, 0.4) is 0 Å². The van der Waals surface area contributed by atoms with Crippen LogP contribution in [0, 0.1) is 5.82 Å². The van der Waals surface area contributed by atoms with Crippen molar-refractivity contribution in [2.75, 3.05) is 13.9 Å². The third kappa shape index (κ3) is 3.85. The normalized spacial score (nSPS) is 12.2. The van der Waals surface area contributed by atoms with Gasteiger partial charge in [0.15, 0.2) is 11.5 Å². The molecule has 5 rings (SSSR count). The van der Waals surface area contributed by atoms with Crippen LogP contribution in [0.25, 0.3) is 11.3 Å². The highest BCUT2D eigenvalue weighted by Crippen LogP contribution is 2.36. The van der Waals surface area contributed by atoms with Crippen LogP contribution in [-0.2, 0) is 13.0 Å². The van der Waals surface area contributed by atoms with Crippen LogP contribution in [0.1, 0.15) is 16.7 Å². The average Bonchev–Trinajstić information content (AvgIpc) is 3.40. The Balaban J connectivity index is 1.54. The molecule has 0 amide bonds. The molecule has 4 aromatic rings. The SMILES string of the molecule is COc1cccc(Cn2nc(-c3ccc(F)cc3)c(Cc3ccc4c(c3)OCO4)c2O)c1. The molecule has 0 saturated carbocycles. The molecular formula is C25H21FN2O4. The van der Waals surface area contributed by atoms with Gasteiger partial charge in [-0.05, 0) is 59.7 Å². The van der Waals surface area contributed by atoms with E-state index in [1.165, 1.54) is 12.1 Å². The smallest absolute Gasteiger partial charge is 0.231 e. The lowest BCUT2D eigenvalue weighted by Crippen LogP contribution is -2.02. The molecule has 0 radical (unpaired) electrons. The van der Waals surface area contributed by atoms with Crippen molar-refractivity contribution < 1.29 is 23.7 Å². The van der Waals surface area contributed by atoms with Gasteiger partial charge in [-0.3, -0.25) is 0 Å². The van der Waals surface area contributed by atoms with Gasteiger partial charge in [0.2, 0.25) is 12.7 Å². The molecule has 3 aromatic carbocycles. The minimum Gasteiger partial charge on any atom is -0.497 e. The van der Waals surface area contributed by atoms with Gasteiger partial charge in [-0.15, -0.1) is 0 Å². The van der Waals surface area contributed by atoms with E-state index in [-0.39, 0.29) is 18.5 Å². The largest absolute Gasteiger partial charge is 0.497 e. The summed E-state index contributed by atoms with van der Waals surface area (Å²) in [5.74, 6) is 1.84. The number of hydrogen-bond donors (Lipinski definition) is 1. The minimum absolute atomic E-state index is 0.0600. The Kier molecular flexibility index (Phi) is 5.15. The van der Waals surface area contributed by atoms with Crippen LogP contribution >= 0.6 is 0 Å². The number of aromatic hydroxyl groups is 1. The Morgan fingerprint density at radius 1 is 1.00 bits per heavy atom. The number of rotatable bonds is 6. The van der Waals surface area contributed by atoms with Crippen molar-refractivity contribution in [2.24, 2.45) is 0 Å². The summed E-state index contributed by atoms with van der Waals surface area (Å²) in [5.41, 5.74) is 3.85. The third-order valence-corrected chi connectivity index (χ3v) is 5.42. The van der Waals surface area contributed by atoms with Gasteiger partial charge in [-0.2, -0.15) is 5.10 Å². The maximum absolute atomic E-state index is 13.5. The summed E-state index contributed by atoms with van der Waals surface area (Å²) in [7, 11) is 1.61. The second-order valence-electron chi connectivity index (χ2n) is 7.53. The molecule has 1 aliphatic rings. The van der Waals surface area contributed by atoms with Gasteiger partial charge in [-0.1, -0.05) is 18.2 Å². The van der Waals surface area contributed by atoms with E-state index in [1.54, 1.807) is 23.9 Å². The standard InChI is InChI=1S/C25H21FN2O4/c1-30-20-4-2-3-17(11-20)14-28-25(29)21(24(27-28)18-6-8-19(26)9-7-18)12-16-5-10-22-23(13-16)32-15-31-22/h2-11,13,29H,12,14-15H2,1H3. The molecule has 6 nitrogen and oxygen atoms in total. The fourth-order valence-corrected chi connectivity index (χ4v) is 3.80. The first-order chi connectivity index (χ1) is 15.6. The zero-order valence-electron chi connectivity index (χ0n) is 17.4. The lowest BCUT2D eigenvalue weighted by molar-refractivity contribution is 0.174. The zero-order valence-corrected chi connectivity index (χ0v) is 17.4. The molecule has 1 N–H and O–H groups in total. The van der Waals surface area contributed by atoms with Crippen LogP contribution in [0.4, 0.5) is 4.39 Å². The predicted octanol–water partition coefficient (Wildman–Crippen LogP) is 4.77. The Hall–Kier alpha value is -4.00. The van der Waals surface area contributed by atoms with Crippen molar-refractivity contribution in [3.63, 3.8) is 0 Å². The number of halogens is 1. The van der Waals surface area contributed by atoms with Crippen molar-refractivity contribution >= 4 is 0 Å². The van der Waals surface area contributed by atoms with E-state index >= 15 is 0 Å². The van der Waals surface area contributed by atoms with E-state index < -0.39 is 0 Å². The molecule has 7 heteroatoms. The van der Waals surface area contributed by atoms with E-state index in [0.29, 0.717) is 35.7 Å². The van der Waals surface area contributed by atoms with Gasteiger partial charge >= 0.3 is 0 Å². The van der Waals surface area contributed by atoms with E-state index in [2.05, 4.69) is 5.10 Å². The number of ether oxygens (including phenoxy) is 3. The monoisotopic (exact) mass is 432 g/mol. The summed E-state index contributed by atoms with van der Waals surface area (Å²) in [6.45, 7) is 0.557. The summed E-state index contributed by atoms with van der Waals surface area (Å²) in [5, 5.41) is 15.8. The van der Waals surface area contributed by atoms with Crippen LogP contribution in [0.15, 0.2) is 66.7 Å². The Morgan fingerprint density at radius 3 is 2.62 bits per heavy atom. The van der Waals surface area contributed by atoms with Gasteiger partial charge in [0.25, 0.3) is 0 Å². The highest BCUT2D eigenvalue weighted by molar-refractivity contribution is 5.66. The lowest BCUT2D eigenvalue weighted by Gasteiger charge is -2.07. The number of aromatic nitrogens is 2. The molecule has 0 aliphatic carbocycles. The Bertz CT molecular complexity index is 1270. The van der Waals surface area contributed by atoms with Crippen molar-refractivity contribution in [3.8, 4) is 34.4 Å². The summed E-state index contributed by atoms with van der Waals surface area (Å²) in [4.78, 5) is 0. The first kappa shape index (κ1) is 19.9. The van der Waals surface area contributed by atoms with Gasteiger partial charge in [-0.25, -0.2) is 9.07 Å². The van der Waals surface area contributed by atoms with Gasteiger partial charge in [0.05, 0.1) is 19.3 Å². The van der Waals surface area contributed by atoms with Gasteiger partial charge < -0.3 is 19.3 Å². The summed E-state index contributed by atoms with van der Waals surface area (Å²) >= 11 is 0. The highest BCUT2D eigenvalue weighted by atomic mass is 19.1. The van der Waals surface area contributed by atoms with E-state index in [4.69, 9.17) is 14.2 Å². The number of fused-ring (bicyclic) bond motifs is 1. The van der Waals surface area contributed by atoms with Crippen LogP contribution in [0.5, 0.6) is 23.1 Å². The van der Waals surface area contributed by atoms with E-state index in [1.807, 2.05) is 42.5 Å². The molecule has 1 aliphatic heterocycles. The predicted molar refractivity (Wildman–Crippen MR) is 117 cm³/mol. The number of nitrogens with zero attached hydrogens (tertiary/aromatic N) is 2. The zero-order chi connectivity index (χ0) is 22.1. The topological polar surface area (TPSA) is 65.7 Å². The highest BCUT2D eigenvalue weighted by Gasteiger charge is 2.21. The maximum Gasteiger partial charge on any atom is 0.231 e. The number of hydrogen-bond acceptors (Lipinski definition) is 5. The molecule has 162 valence electrons. The van der Waals surface area contributed by atoms with Crippen molar-refractivity contribution in [2.45, 2.75) is 13.0 Å². The third-order valence-electron chi connectivity index (χ3n) is 5.42. The molecule has 32 heavy (non-hydrogen) atoms. The molecular weight excluding hydrogens is 411 g/mol. The van der Waals surface area contributed by atoms with Crippen molar-refractivity contribution in [1.82, 2.24) is 9.78 Å². The summed E-state index contributed by atoms with van der Waals surface area (Å²) < 4.78 is 31.2. The summed E-state index contributed by atoms with van der Waals surface area (Å²) in [6.07, 6.45) is 0.424. The van der Waals surface area contributed by atoms with Crippen LogP contribution in [0.2, 0.25) is 0 Å². The number of methoxy groups -OCH3 is 1. The number of benzene rings is 3. The first-order valence-corrected chi connectivity index (χ1v) is 10.2. The minimum atomic E-state index is -0.328. The molecule has 0 saturated heterocycles. The molecule has 1 aromatic heterocycles. The fourth-order valence-electron chi connectivity index (χ4n) is 3.80. The molecule has 0 spiro atoms. The second-order valence-corrected chi connectivity index (χ2v) is 7.53. The second kappa shape index (κ2) is 8.26. The quantitative estimate of drug-likeness (QED) is 0.475. The molecule has 2 heterocycles. The van der Waals surface area contributed by atoms with Crippen LogP contribution in [-0.4, -0.2) is 28.8 Å². The fraction of sp³-hybridized carbons (Fsp3) is 0.160. The molecule has 0 atom stereocenters. The van der Waals surface area contributed by atoms with Crippen molar-refractivity contribution in [1.29, 1.82) is 0 Å². The van der Waals surface area contributed by atoms with E-state index in [0.717, 1.165) is 22.4 Å².